The number of nitrogens with zero attached hydrogens (tertiary/aromatic N) is 2. The van der Waals surface area contributed by atoms with Crippen LogP contribution in [0.2, 0.25) is 0 Å². The Balaban J connectivity index is 2.14. The lowest BCUT2D eigenvalue weighted by Crippen LogP contribution is -2.60. The SMILES string of the molecule is CCOC(=O)C[C@H](NC(=O)C(CC(C)C)N1C(=O)C=C(C(F)(F)F)CC1N(C)C)c1cc(-c2c(C)ccc(C)c2C)cc(C)c1F. The fraction of sp³-hybridized carbons (Fsp3) is 0.514. The first kappa shape index (κ1) is 36.7. The number of aryl methyl sites for hydroxylation is 3. The monoisotopic (exact) mass is 647 g/mol. The van der Waals surface area contributed by atoms with Crippen LogP contribution < -0.4 is 5.32 Å². The summed E-state index contributed by atoms with van der Waals surface area (Å²) in [4.78, 5) is 42.9. The molecule has 252 valence electrons. The Morgan fingerprint density at radius 1 is 1.07 bits per heavy atom. The van der Waals surface area contributed by atoms with Gasteiger partial charge in [0.15, 0.2) is 0 Å². The molecule has 1 heterocycles. The zero-order valence-electron chi connectivity index (χ0n) is 28.1. The Bertz CT molecular complexity index is 1500. The smallest absolute Gasteiger partial charge is 0.413 e. The van der Waals surface area contributed by atoms with Gasteiger partial charge < -0.3 is 15.0 Å². The molecule has 2 aromatic rings. The van der Waals surface area contributed by atoms with Gasteiger partial charge in [0.1, 0.15) is 11.9 Å². The predicted octanol–water partition coefficient (Wildman–Crippen LogP) is 6.86. The van der Waals surface area contributed by atoms with Crippen molar-refractivity contribution < 1.29 is 36.7 Å². The second kappa shape index (κ2) is 14.8. The van der Waals surface area contributed by atoms with E-state index in [0.29, 0.717) is 17.2 Å². The lowest BCUT2D eigenvalue weighted by Gasteiger charge is -2.43. The molecular formula is C35H45F4N3O4. The minimum Gasteiger partial charge on any atom is -0.466 e. The summed E-state index contributed by atoms with van der Waals surface area (Å²) in [5.74, 6) is -3.08. The molecular weight excluding hydrogens is 602 g/mol. The van der Waals surface area contributed by atoms with Gasteiger partial charge in [0.2, 0.25) is 11.8 Å². The summed E-state index contributed by atoms with van der Waals surface area (Å²) >= 11 is 0. The van der Waals surface area contributed by atoms with Gasteiger partial charge in [-0.05, 0) is 107 Å². The molecule has 0 radical (unpaired) electrons. The average molecular weight is 648 g/mol. The number of hydrogen-bond donors (Lipinski definition) is 1. The van der Waals surface area contributed by atoms with Gasteiger partial charge in [0.05, 0.1) is 25.2 Å². The van der Waals surface area contributed by atoms with Crippen LogP contribution in [0.15, 0.2) is 35.9 Å². The highest BCUT2D eigenvalue weighted by molar-refractivity contribution is 5.95. The summed E-state index contributed by atoms with van der Waals surface area (Å²) in [6, 6.07) is 4.91. The maximum absolute atomic E-state index is 16.0. The standard InChI is InChI=1S/C35H45F4N3O4/c1-10-46-31(44)18-27(26-15-24(14-22(6)33(26)36)32-21(5)12-11-20(4)23(32)7)40-34(45)28(13-19(2)3)42-29(41(8)9)16-25(17-30(42)43)35(37,38)39/h11-12,14-15,17,19,27-29H,10,13,16,18H2,1-9H3,(H,40,45)/t27-,28?,29?/m0/s1. The topological polar surface area (TPSA) is 79.0 Å². The number of carbonyl (C=O) groups excluding carboxylic acids is 3. The lowest BCUT2D eigenvalue weighted by atomic mass is 9.89. The number of halogens is 4. The molecule has 0 aromatic heterocycles. The highest BCUT2D eigenvalue weighted by atomic mass is 19.4. The highest BCUT2D eigenvalue weighted by Crippen LogP contribution is 2.37. The largest absolute Gasteiger partial charge is 0.466 e. The fourth-order valence-electron chi connectivity index (χ4n) is 5.99. The zero-order valence-corrected chi connectivity index (χ0v) is 28.1. The summed E-state index contributed by atoms with van der Waals surface area (Å²) in [7, 11) is 3.08. The quantitative estimate of drug-likeness (QED) is 0.213. The Kier molecular flexibility index (Phi) is 11.8. The van der Waals surface area contributed by atoms with Gasteiger partial charge in [0, 0.05) is 23.6 Å². The van der Waals surface area contributed by atoms with E-state index >= 15 is 4.39 Å². The van der Waals surface area contributed by atoms with Gasteiger partial charge in [-0.25, -0.2) is 4.39 Å². The van der Waals surface area contributed by atoms with Crippen LogP contribution in [-0.4, -0.2) is 66.7 Å². The van der Waals surface area contributed by atoms with E-state index in [-0.39, 0.29) is 24.5 Å². The van der Waals surface area contributed by atoms with E-state index in [2.05, 4.69) is 5.32 Å². The lowest BCUT2D eigenvalue weighted by molar-refractivity contribution is -0.149. The first-order valence-electron chi connectivity index (χ1n) is 15.5. The van der Waals surface area contributed by atoms with Crippen molar-refractivity contribution in [3.8, 4) is 11.1 Å². The number of rotatable bonds is 11. The molecule has 3 atom stereocenters. The number of benzene rings is 2. The number of hydrogen-bond acceptors (Lipinski definition) is 5. The van der Waals surface area contributed by atoms with Crippen LogP contribution in [0.1, 0.15) is 73.9 Å². The minimum absolute atomic E-state index is 0.0633. The summed E-state index contributed by atoms with van der Waals surface area (Å²) in [5.41, 5.74) is 4.01. The molecule has 46 heavy (non-hydrogen) atoms. The summed E-state index contributed by atoms with van der Waals surface area (Å²) in [6.45, 7) is 12.8. The molecule has 11 heteroatoms. The molecule has 1 aliphatic rings. The molecule has 1 aliphatic heterocycles. The second-order valence-corrected chi connectivity index (χ2v) is 12.7. The molecule has 2 aromatic carbocycles. The number of alkyl halides is 3. The van der Waals surface area contributed by atoms with Gasteiger partial charge in [0.25, 0.3) is 0 Å². The van der Waals surface area contributed by atoms with Crippen molar-refractivity contribution in [2.45, 2.75) is 92.2 Å². The normalized spacial score (nSPS) is 16.8. The molecule has 1 N–H and O–H groups in total. The molecule has 0 saturated heterocycles. The van der Waals surface area contributed by atoms with Gasteiger partial charge in [-0.1, -0.05) is 26.0 Å². The molecule has 0 saturated carbocycles. The third-order valence-electron chi connectivity index (χ3n) is 8.45. The number of esters is 1. The second-order valence-electron chi connectivity index (χ2n) is 12.7. The molecule has 0 aliphatic carbocycles. The Labute approximate surface area is 269 Å². The summed E-state index contributed by atoms with van der Waals surface area (Å²) in [5, 5.41) is 2.80. The van der Waals surface area contributed by atoms with E-state index in [9.17, 15) is 27.6 Å². The van der Waals surface area contributed by atoms with Crippen molar-refractivity contribution >= 4 is 17.8 Å². The van der Waals surface area contributed by atoms with E-state index in [1.165, 1.54) is 19.0 Å². The van der Waals surface area contributed by atoms with Crippen molar-refractivity contribution in [2.24, 2.45) is 5.92 Å². The van der Waals surface area contributed by atoms with E-state index in [1.807, 2.05) is 46.8 Å². The molecule has 0 spiro atoms. The number of carbonyl (C=O) groups is 3. The highest BCUT2D eigenvalue weighted by Gasteiger charge is 2.45. The average Bonchev–Trinajstić information content (AvgIpc) is 2.94. The summed E-state index contributed by atoms with van der Waals surface area (Å²) in [6.07, 6.45) is -6.04. The minimum atomic E-state index is -4.70. The van der Waals surface area contributed by atoms with Crippen LogP contribution in [0.5, 0.6) is 0 Å². The van der Waals surface area contributed by atoms with Crippen LogP contribution in [0.3, 0.4) is 0 Å². The number of amides is 2. The molecule has 2 amide bonds. The van der Waals surface area contributed by atoms with E-state index in [1.54, 1.807) is 26.0 Å². The van der Waals surface area contributed by atoms with Crippen LogP contribution in [0, 0.1) is 39.4 Å². The predicted molar refractivity (Wildman–Crippen MR) is 169 cm³/mol. The van der Waals surface area contributed by atoms with Crippen molar-refractivity contribution in [2.75, 3.05) is 20.7 Å². The van der Waals surface area contributed by atoms with Crippen molar-refractivity contribution in [3.63, 3.8) is 0 Å². The number of ether oxygens (including phenoxy) is 1. The first-order chi connectivity index (χ1) is 21.4. The van der Waals surface area contributed by atoms with Gasteiger partial charge >= 0.3 is 12.1 Å². The molecule has 0 fully saturated rings. The number of nitrogens with one attached hydrogen (secondary N) is 1. The molecule has 3 rings (SSSR count). The van der Waals surface area contributed by atoms with Crippen LogP contribution >= 0.6 is 0 Å². The Morgan fingerprint density at radius 2 is 1.70 bits per heavy atom. The van der Waals surface area contributed by atoms with Crippen molar-refractivity contribution in [1.82, 2.24) is 15.1 Å². The van der Waals surface area contributed by atoms with Gasteiger partial charge in [-0.2, -0.15) is 13.2 Å². The van der Waals surface area contributed by atoms with Crippen molar-refractivity contribution in [1.29, 1.82) is 0 Å². The first-order valence-corrected chi connectivity index (χ1v) is 15.5. The van der Waals surface area contributed by atoms with Crippen LogP contribution in [0.4, 0.5) is 17.6 Å². The third-order valence-corrected chi connectivity index (χ3v) is 8.45. The maximum atomic E-state index is 16.0. The molecule has 7 nitrogen and oxygen atoms in total. The Hall–Kier alpha value is -3.73. The van der Waals surface area contributed by atoms with Gasteiger partial charge in [-0.15, -0.1) is 0 Å². The van der Waals surface area contributed by atoms with Crippen molar-refractivity contribution in [3.05, 3.63) is 69.5 Å². The van der Waals surface area contributed by atoms with E-state index in [0.717, 1.165) is 27.2 Å². The Morgan fingerprint density at radius 3 is 2.26 bits per heavy atom. The van der Waals surface area contributed by atoms with Crippen LogP contribution in [-0.2, 0) is 19.1 Å². The van der Waals surface area contributed by atoms with E-state index < -0.39 is 66.4 Å². The van der Waals surface area contributed by atoms with Crippen LogP contribution in [0.25, 0.3) is 11.1 Å². The third kappa shape index (κ3) is 8.34. The molecule has 2 unspecified atom stereocenters. The van der Waals surface area contributed by atoms with E-state index in [4.69, 9.17) is 4.74 Å². The summed E-state index contributed by atoms with van der Waals surface area (Å²) < 4.78 is 62.2. The molecule has 0 bridgehead atoms. The van der Waals surface area contributed by atoms with Gasteiger partial charge in [-0.3, -0.25) is 19.3 Å². The fourth-order valence-corrected chi connectivity index (χ4v) is 5.99. The zero-order chi connectivity index (χ0) is 34.7. The maximum Gasteiger partial charge on any atom is 0.413 e.